The monoisotopic (exact) mass is 216 g/mol. The van der Waals surface area contributed by atoms with Gasteiger partial charge in [-0.1, -0.05) is 6.92 Å². The fourth-order valence-corrected chi connectivity index (χ4v) is 2.80. The van der Waals surface area contributed by atoms with Crippen molar-refractivity contribution >= 4 is 17.5 Å². The molecule has 0 amide bonds. The van der Waals surface area contributed by atoms with Gasteiger partial charge in [-0.2, -0.15) is 11.8 Å². The molecule has 14 heavy (non-hydrogen) atoms. The summed E-state index contributed by atoms with van der Waals surface area (Å²) in [5, 5.41) is 9.56. The predicted octanol–water partition coefficient (Wildman–Crippen LogP) is 2.25. The Hall–Kier alpha value is -0.0200. The number of ketones is 1. The first-order valence-electron chi connectivity index (χ1n) is 5.43. The molecule has 0 heterocycles. The molecule has 1 rings (SSSR count). The normalized spacial score (nSPS) is 26.5. The zero-order chi connectivity index (χ0) is 10.6. The maximum atomic E-state index is 11.3. The largest absolute Gasteiger partial charge is 0.392 e. The SMILES string of the molecule is CC(O)C(C)SCCC1CCCC1=O. The number of thioether (sulfide) groups is 1. The lowest BCUT2D eigenvalue weighted by molar-refractivity contribution is -0.120. The first-order valence-corrected chi connectivity index (χ1v) is 6.48. The summed E-state index contributed by atoms with van der Waals surface area (Å²) in [7, 11) is 0. The van der Waals surface area contributed by atoms with Crippen LogP contribution < -0.4 is 0 Å². The molecular weight excluding hydrogens is 196 g/mol. The van der Waals surface area contributed by atoms with Gasteiger partial charge in [0.25, 0.3) is 0 Å². The van der Waals surface area contributed by atoms with Crippen LogP contribution in [0.5, 0.6) is 0 Å². The minimum absolute atomic E-state index is 0.251. The third kappa shape index (κ3) is 3.62. The molecule has 0 aromatic carbocycles. The number of Topliss-reactive ketones (excluding diaryl/α,β-unsaturated/α-hetero) is 1. The van der Waals surface area contributed by atoms with Gasteiger partial charge in [-0.15, -0.1) is 0 Å². The Balaban J connectivity index is 2.12. The molecule has 1 N–H and O–H groups in total. The first-order chi connectivity index (χ1) is 6.61. The Bertz CT molecular complexity index is 192. The molecule has 3 atom stereocenters. The lowest BCUT2D eigenvalue weighted by Gasteiger charge is -2.15. The smallest absolute Gasteiger partial charge is 0.136 e. The molecule has 3 heteroatoms. The molecule has 0 aromatic rings. The lowest BCUT2D eigenvalue weighted by atomic mass is 10.1. The van der Waals surface area contributed by atoms with E-state index in [1.165, 1.54) is 0 Å². The summed E-state index contributed by atoms with van der Waals surface area (Å²) in [6, 6.07) is 0. The van der Waals surface area contributed by atoms with Crippen molar-refractivity contribution in [3.63, 3.8) is 0 Å². The van der Waals surface area contributed by atoms with Crippen molar-refractivity contribution in [2.75, 3.05) is 5.75 Å². The Morgan fingerprint density at radius 2 is 2.29 bits per heavy atom. The number of carbonyl (C=O) groups is 1. The van der Waals surface area contributed by atoms with Crippen molar-refractivity contribution in [1.82, 2.24) is 0 Å². The predicted molar refractivity (Wildman–Crippen MR) is 60.6 cm³/mol. The van der Waals surface area contributed by atoms with Crippen molar-refractivity contribution in [2.24, 2.45) is 5.92 Å². The molecule has 1 fully saturated rings. The standard InChI is InChI=1S/C11H20O2S/c1-8(12)9(2)14-7-6-10-4-3-5-11(10)13/h8-10,12H,3-7H2,1-2H3. The highest BCUT2D eigenvalue weighted by Crippen LogP contribution is 2.27. The quantitative estimate of drug-likeness (QED) is 0.766. The summed E-state index contributed by atoms with van der Waals surface area (Å²) in [6.07, 6.45) is 3.71. The van der Waals surface area contributed by atoms with Gasteiger partial charge >= 0.3 is 0 Å². The van der Waals surface area contributed by atoms with E-state index in [9.17, 15) is 9.90 Å². The maximum absolute atomic E-state index is 11.3. The third-order valence-corrected chi connectivity index (χ3v) is 4.35. The van der Waals surface area contributed by atoms with E-state index < -0.39 is 0 Å². The average Bonchev–Trinajstić information content (AvgIpc) is 2.51. The minimum atomic E-state index is -0.251. The highest BCUT2D eigenvalue weighted by atomic mass is 32.2. The molecule has 1 aliphatic rings. The highest BCUT2D eigenvalue weighted by Gasteiger charge is 2.24. The topological polar surface area (TPSA) is 37.3 Å². The van der Waals surface area contributed by atoms with E-state index in [-0.39, 0.29) is 11.4 Å². The second kappa shape index (κ2) is 5.76. The zero-order valence-corrected chi connectivity index (χ0v) is 9.85. The Morgan fingerprint density at radius 3 is 2.79 bits per heavy atom. The Morgan fingerprint density at radius 1 is 1.57 bits per heavy atom. The van der Waals surface area contributed by atoms with Gasteiger partial charge in [-0.3, -0.25) is 4.79 Å². The van der Waals surface area contributed by atoms with E-state index in [1.807, 2.05) is 13.8 Å². The summed E-state index contributed by atoms with van der Waals surface area (Å²) in [5.41, 5.74) is 0. The third-order valence-electron chi connectivity index (χ3n) is 2.96. The molecule has 0 bridgehead atoms. The van der Waals surface area contributed by atoms with E-state index in [0.717, 1.165) is 31.4 Å². The van der Waals surface area contributed by atoms with E-state index in [4.69, 9.17) is 0 Å². The molecule has 0 aliphatic heterocycles. The van der Waals surface area contributed by atoms with E-state index in [0.29, 0.717) is 11.7 Å². The van der Waals surface area contributed by atoms with Gasteiger partial charge in [0.1, 0.15) is 5.78 Å². The summed E-state index contributed by atoms with van der Waals surface area (Å²) in [4.78, 5) is 11.3. The molecule has 0 saturated heterocycles. The summed E-state index contributed by atoms with van der Waals surface area (Å²) in [5.74, 6) is 1.78. The van der Waals surface area contributed by atoms with Crippen LogP contribution in [-0.2, 0) is 4.79 Å². The van der Waals surface area contributed by atoms with Crippen molar-refractivity contribution in [3.05, 3.63) is 0 Å². The summed E-state index contributed by atoms with van der Waals surface area (Å²) in [6.45, 7) is 3.85. The van der Waals surface area contributed by atoms with Crippen LogP contribution in [0.3, 0.4) is 0 Å². The van der Waals surface area contributed by atoms with Gasteiger partial charge in [-0.25, -0.2) is 0 Å². The number of rotatable bonds is 5. The number of aliphatic hydroxyl groups excluding tert-OH is 1. The van der Waals surface area contributed by atoms with Crippen molar-refractivity contribution < 1.29 is 9.90 Å². The van der Waals surface area contributed by atoms with Gasteiger partial charge in [-0.05, 0) is 31.9 Å². The highest BCUT2D eigenvalue weighted by molar-refractivity contribution is 7.99. The Labute approximate surface area is 90.5 Å². The van der Waals surface area contributed by atoms with E-state index >= 15 is 0 Å². The number of hydrogen-bond donors (Lipinski definition) is 1. The Kier molecular flexibility index (Phi) is 4.96. The van der Waals surface area contributed by atoms with Gasteiger partial charge in [0.2, 0.25) is 0 Å². The van der Waals surface area contributed by atoms with Crippen molar-refractivity contribution in [3.8, 4) is 0 Å². The van der Waals surface area contributed by atoms with Crippen LogP contribution in [0.15, 0.2) is 0 Å². The first kappa shape index (κ1) is 12.1. The minimum Gasteiger partial charge on any atom is -0.392 e. The van der Waals surface area contributed by atoms with Gasteiger partial charge in [0, 0.05) is 17.6 Å². The van der Waals surface area contributed by atoms with E-state index in [2.05, 4.69) is 0 Å². The molecule has 0 spiro atoms. The molecule has 3 unspecified atom stereocenters. The van der Waals surface area contributed by atoms with Crippen LogP contribution in [0.4, 0.5) is 0 Å². The van der Waals surface area contributed by atoms with Crippen LogP contribution in [0.25, 0.3) is 0 Å². The van der Waals surface area contributed by atoms with Crippen LogP contribution in [0.1, 0.15) is 39.5 Å². The second-order valence-corrected chi connectivity index (χ2v) is 5.65. The summed E-state index contributed by atoms with van der Waals surface area (Å²) < 4.78 is 0. The van der Waals surface area contributed by atoms with Gasteiger partial charge in [0.05, 0.1) is 6.10 Å². The fraction of sp³-hybridized carbons (Fsp3) is 0.909. The number of carbonyl (C=O) groups excluding carboxylic acids is 1. The van der Waals surface area contributed by atoms with Crippen LogP contribution in [0, 0.1) is 5.92 Å². The maximum Gasteiger partial charge on any atom is 0.136 e. The number of hydrogen-bond acceptors (Lipinski definition) is 3. The molecule has 0 aromatic heterocycles. The van der Waals surface area contributed by atoms with Gasteiger partial charge in [0.15, 0.2) is 0 Å². The van der Waals surface area contributed by atoms with Gasteiger partial charge < -0.3 is 5.11 Å². The molecule has 0 radical (unpaired) electrons. The van der Waals surface area contributed by atoms with Crippen LogP contribution in [-0.4, -0.2) is 28.0 Å². The molecule has 1 saturated carbocycles. The van der Waals surface area contributed by atoms with Crippen molar-refractivity contribution in [1.29, 1.82) is 0 Å². The summed E-state index contributed by atoms with van der Waals surface area (Å²) >= 11 is 1.77. The zero-order valence-electron chi connectivity index (χ0n) is 9.03. The fourth-order valence-electron chi connectivity index (χ4n) is 1.73. The average molecular weight is 216 g/mol. The van der Waals surface area contributed by atoms with Crippen molar-refractivity contribution in [2.45, 2.75) is 50.9 Å². The molecule has 82 valence electrons. The molecule has 2 nitrogen and oxygen atoms in total. The number of aliphatic hydroxyl groups is 1. The lowest BCUT2D eigenvalue weighted by Crippen LogP contribution is -2.16. The second-order valence-electron chi connectivity index (χ2n) is 4.16. The van der Waals surface area contributed by atoms with Crippen LogP contribution in [0.2, 0.25) is 0 Å². The molecular formula is C11H20O2S. The van der Waals surface area contributed by atoms with Crippen LogP contribution >= 0.6 is 11.8 Å². The van der Waals surface area contributed by atoms with E-state index in [1.54, 1.807) is 11.8 Å². The molecule has 1 aliphatic carbocycles.